The van der Waals surface area contributed by atoms with Gasteiger partial charge in [0, 0.05) is 11.5 Å². The molecule has 0 aliphatic rings. The molecule has 0 aliphatic heterocycles. The number of amides is 1. The van der Waals surface area contributed by atoms with E-state index in [9.17, 15) is 10.1 Å². The van der Waals surface area contributed by atoms with E-state index in [0.29, 0.717) is 12.5 Å². The highest BCUT2D eigenvalue weighted by Gasteiger charge is 2.31. The molecule has 4 heteroatoms. The molecule has 0 spiro atoms. The molecule has 1 aromatic carbocycles. The third kappa shape index (κ3) is 4.85. The van der Waals surface area contributed by atoms with Crippen LogP contribution in [0, 0.1) is 23.2 Å². The summed E-state index contributed by atoms with van der Waals surface area (Å²) in [4.78, 5) is 12.2. The summed E-state index contributed by atoms with van der Waals surface area (Å²) in [6, 6.07) is 12.7. The van der Waals surface area contributed by atoms with Gasteiger partial charge in [-0.05, 0) is 12.8 Å². The van der Waals surface area contributed by atoms with Crippen LogP contribution in [0.25, 0.3) is 0 Å². The molecule has 1 rings (SSSR count). The second kappa shape index (κ2) is 7.95. The molecule has 0 fully saturated rings. The van der Waals surface area contributed by atoms with Gasteiger partial charge in [-0.2, -0.15) is 5.26 Å². The normalized spacial score (nSPS) is 15.2. The molecule has 0 saturated heterocycles. The Morgan fingerprint density at radius 2 is 1.86 bits per heavy atom. The minimum absolute atomic E-state index is 0.0662. The number of nitriles is 1. The van der Waals surface area contributed by atoms with Gasteiger partial charge in [0.25, 0.3) is 5.91 Å². The van der Waals surface area contributed by atoms with E-state index in [-0.39, 0.29) is 17.9 Å². The number of nitrogens with zero attached hydrogens (tertiary/aromatic N) is 1. The first kappa shape index (κ1) is 18.2. The second-order valence-electron chi connectivity index (χ2n) is 6.64. The maximum absolute atomic E-state index is 12.2. The van der Waals surface area contributed by atoms with Crippen molar-refractivity contribution in [1.29, 1.82) is 5.26 Å². The number of hydrogen-bond donors (Lipinski definition) is 2. The van der Waals surface area contributed by atoms with Crippen LogP contribution in [0.1, 0.15) is 46.2 Å². The number of benzene rings is 1. The van der Waals surface area contributed by atoms with Gasteiger partial charge in [0.15, 0.2) is 6.54 Å². The molecule has 0 saturated carbocycles. The van der Waals surface area contributed by atoms with Crippen molar-refractivity contribution in [3.63, 3.8) is 0 Å². The summed E-state index contributed by atoms with van der Waals surface area (Å²) in [5.41, 5.74) is 0.405. The quantitative estimate of drug-likeness (QED) is 0.809. The van der Waals surface area contributed by atoms with Crippen molar-refractivity contribution in [3.05, 3.63) is 35.9 Å². The van der Waals surface area contributed by atoms with E-state index in [2.05, 4.69) is 37.4 Å². The molecule has 0 radical (unpaired) electrons. The van der Waals surface area contributed by atoms with Crippen molar-refractivity contribution in [3.8, 4) is 6.07 Å². The van der Waals surface area contributed by atoms with Gasteiger partial charge in [0.05, 0.1) is 6.07 Å². The highest BCUT2D eigenvalue weighted by molar-refractivity contribution is 5.78. The molecule has 3 N–H and O–H groups in total. The fourth-order valence-electron chi connectivity index (χ4n) is 2.34. The van der Waals surface area contributed by atoms with Crippen LogP contribution < -0.4 is 10.6 Å². The second-order valence-corrected chi connectivity index (χ2v) is 6.64. The molecule has 120 valence electrons. The van der Waals surface area contributed by atoms with Gasteiger partial charge in [-0.15, -0.1) is 0 Å². The predicted molar refractivity (Wildman–Crippen MR) is 87.8 cm³/mol. The average molecular weight is 302 g/mol. The van der Waals surface area contributed by atoms with Crippen molar-refractivity contribution in [2.75, 3.05) is 6.54 Å². The number of carbonyl (C=O) groups is 1. The first-order valence-electron chi connectivity index (χ1n) is 7.90. The summed E-state index contributed by atoms with van der Waals surface area (Å²) in [7, 11) is 0. The van der Waals surface area contributed by atoms with Gasteiger partial charge >= 0.3 is 0 Å². The lowest BCUT2D eigenvalue weighted by Crippen LogP contribution is -2.88. The summed E-state index contributed by atoms with van der Waals surface area (Å²) in [5, 5.41) is 14.2. The summed E-state index contributed by atoms with van der Waals surface area (Å²) in [5.74, 6) is 0.387. The Morgan fingerprint density at radius 1 is 1.27 bits per heavy atom. The molecule has 4 nitrogen and oxygen atoms in total. The SMILES string of the molecule is CC(C)[C@H]([NH2+]CC(=O)N[C@@](C)(C#N)C(C)C)c1ccccc1. The monoisotopic (exact) mass is 302 g/mol. The van der Waals surface area contributed by atoms with Crippen LogP contribution in [0.5, 0.6) is 0 Å². The molecule has 0 bridgehead atoms. The standard InChI is InChI=1S/C18H27N3O/c1-13(2)17(15-9-7-6-8-10-15)20-11-16(22)21-18(5,12-19)14(3)4/h6-10,13-14,17,20H,11H2,1-5H3,(H,21,22)/p+1/t17-,18-/m0/s1. The largest absolute Gasteiger partial charge is 0.333 e. The number of rotatable bonds is 7. The molecule has 1 aromatic rings. The summed E-state index contributed by atoms with van der Waals surface area (Å²) in [6.45, 7) is 10.3. The van der Waals surface area contributed by atoms with Gasteiger partial charge in [0.2, 0.25) is 0 Å². The summed E-state index contributed by atoms with van der Waals surface area (Å²) in [6.07, 6.45) is 0. The van der Waals surface area contributed by atoms with Crippen LogP contribution >= 0.6 is 0 Å². The van der Waals surface area contributed by atoms with E-state index in [1.54, 1.807) is 6.92 Å². The minimum atomic E-state index is -0.814. The smallest absolute Gasteiger partial charge is 0.276 e. The zero-order valence-corrected chi connectivity index (χ0v) is 14.3. The van der Waals surface area contributed by atoms with Crippen LogP contribution in [0.2, 0.25) is 0 Å². The van der Waals surface area contributed by atoms with E-state index in [1.807, 2.05) is 37.4 Å². The van der Waals surface area contributed by atoms with E-state index in [1.165, 1.54) is 5.56 Å². The number of quaternary nitrogens is 1. The Bertz CT molecular complexity index is 519. The summed E-state index contributed by atoms with van der Waals surface area (Å²) >= 11 is 0. The minimum Gasteiger partial charge on any atom is -0.333 e. The number of nitrogens with one attached hydrogen (secondary N) is 1. The Labute approximate surface area is 133 Å². The fraction of sp³-hybridized carbons (Fsp3) is 0.556. The number of nitrogens with two attached hydrogens (primary N) is 1. The molecule has 0 heterocycles. The van der Waals surface area contributed by atoms with Crippen molar-refractivity contribution in [1.82, 2.24) is 5.32 Å². The van der Waals surface area contributed by atoms with E-state index in [0.717, 1.165) is 0 Å². The van der Waals surface area contributed by atoms with Crippen molar-refractivity contribution in [2.24, 2.45) is 11.8 Å². The maximum atomic E-state index is 12.2. The van der Waals surface area contributed by atoms with E-state index >= 15 is 0 Å². The van der Waals surface area contributed by atoms with Crippen molar-refractivity contribution >= 4 is 5.91 Å². The lowest BCUT2D eigenvalue weighted by atomic mass is 9.90. The Morgan fingerprint density at radius 3 is 2.32 bits per heavy atom. The number of hydrogen-bond acceptors (Lipinski definition) is 2. The molecule has 2 atom stereocenters. The summed E-state index contributed by atoms with van der Waals surface area (Å²) < 4.78 is 0. The van der Waals surface area contributed by atoms with Crippen LogP contribution in [0.4, 0.5) is 0 Å². The Hall–Kier alpha value is -1.86. The third-order valence-corrected chi connectivity index (χ3v) is 4.25. The van der Waals surface area contributed by atoms with Crippen LogP contribution in [-0.4, -0.2) is 18.0 Å². The van der Waals surface area contributed by atoms with Crippen molar-refractivity contribution < 1.29 is 10.1 Å². The highest BCUT2D eigenvalue weighted by atomic mass is 16.2. The molecular weight excluding hydrogens is 274 g/mol. The Kier molecular flexibility index (Phi) is 6.58. The van der Waals surface area contributed by atoms with E-state index in [4.69, 9.17) is 0 Å². The Balaban J connectivity index is 2.67. The topological polar surface area (TPSA) is 69.5 Å². The maximum Gasteiger partial charge on any atom is 0.276 e. The zero-order chi connectivity index (χ0) is 16.8. The number of carbonyl (C=O) groups excluding carboxylic acids is 1. The zero-order valence-electron chi connectivity index (χ0n) is 14.3. The van der Waals surface area contributed by atoms with Gasteiger partial charge in [-0.1, -0.05) is 58.0 Å². The average Bonchev–Trinajstić information content (AvgIpc) is 2.47. The lowest BCUT2D eigenvalue weighted by Gasteiger charge is -2.27. The van der Waals surface area contributed by atoms with Crippen LogP contribution in [-0.2, 0) is 4.79 Å². The van der Waals surface area contributed by atoms with Gasteiger partial charge in [-0.3, -0.25) is 4.79 Å². The van der Waals surface area contributed by atoms with Crippen molar-refractivity contribution in [2.45, 2.75) is 46.2 Å². The molecule has 0 unspecified atom stereocenters. The molecule has 1 amide bonds. The highest BCUT2D eigenvalue weighted by Crippen LogP contribution is 2.17. The predicted octanol–water partition coefficient (Wildman–Crippen LogP) is 2.00. The van der Waals surface area contributed by atoms with Gasteiger partial charge < -0.3 is 10.6 Å². The van der Waals surface area contributed by atoms with Crippen LogP contribution in [0.15, 0.2) is 30.3 Å². The third-order valence-electron chi connectivity index (χ3n) is 4.25. The first-order chi connectivity index (χ1) is 10.3. The van der Waals surface area contributed by atoms with Gasteiger partial charge in [-0.25, -0.2) is 0 Å². The van der Waals surface area contributed by atoms with E-state index < -0.39 is 5.54 Å². The molecule has 22 heavy (non-hydrogen) atoms. The fourth-order valence-corrected chi connectivity index (χ4v) is 2.34. The van der Waals surface area contributed by atoms with Gasteiger partial charge in [0.1, 0.15) is 11.6 Å². The van der Waals surface area contributed by atoms with Crippen LogP contribution in [0.3, 0.4) is 0 Å². The molecular formula is C18H28N3O+. The lowest BCUT2D eigenvalue weighted by molar-refractivity contribution is -0.692. The first-order valence-corrected chi connectivity index (χ1v) is 7.90. The molecule has 0 aliphatic carbocycles. The molecule has 0 aromatic heterocycles.